The number of rotatable bonds is 6. The van der Waals surface area contributed by atoms with Gasteiger partial charge in [0.1, 0.15) is 0 Å². The molecule has 0 aliphatic rings. The van der Waals surface area contributed by atoms with Gasteiger partial charge in [-0.3, -0.25) is 4.79 Å². The van der Waals surface area contributed by atoms with Crippen molar-refractivity contribution in [1.29, 1.82) is 0 Å². The number of nitrogens with zero attached hydrogens (tertiary/aromatic N) is 3. The third-order valence-electron chi connectivity index (χ3n) is 4.74. The average molecular weight is 511 g/mol. The molecule has 0 aliphatic heterocycles. The van der Waals surface area contributed by atoms with Gasteiger partial charge >= 0.3 is 5.97 Å². The molecule has 4 rings (SSSR count). The van der Waals surface area contributed by atoms with Crippen LogP contribution in [0.5, 0.6) is 0 Å². The normalized spacial score (nSPS) is 10.7. The molecule has 1 heterocycles. The molecule has 0 spiro atoms. The Morgan fingerprint density at radius 3 is 2.38 bits per heavy atom. The van der Waals surface area contributed by atoms with E-state index in [-0.39, 0.29) is 11.6 Å². The highest BCUT2D eigenvalue weighted by molar-refractivity contribution is 9.10. The van der Waals surface area contributed by atoms with Crippen LogP contribution >= 0.6 is 27.5 Å². The van der Waals surface area contributed by atoms with E-state index in [2.05, 4.69) is 26.0 Å². The molecule has 0 aliphatic carbocycles. The third kappa shape index (κ3) is 4.79. The summed E-state index contributed by atoms with van der Waals surface area (Å²) in [5.74, 6) is -0.766. The van der Waals surface area contributed by atoms with Gasteiger partial charge in [-0.05, 0) is 55.0 Å². The van der Waals surface area contributed by atoms with E-state index >= 15 is 0 Å². The first-order valence-corrected chi connectivity index (χ1v) is 10.8. The van der Waals surface area contributed by atoms with Gasteiger partial charge in [0.05, 0.1) is 5.69 Å². The molecular weight excluding hydrogens is 494 g/mol. The fourth-order valence-corrected chi connectivity index (χ4v) is 3.46. The van der Waals surface area contributed by atoms with Crippen molar-refractivity contribution in [3.05, 3.63) is 99.2 Å². The Labute approximate surface area is 197 Å². The number of halogens is 2. The highest BCUT2D eigenvalue weighted by atomic mass is 79.9. The predicted molar refractivity (Wildman–Crippen MR) is 125 cm³/mol. The van der Waals surface area contributed by atoms with Crippen molar-refractivity contribution in [2.45, 2.75) is 6.92 Å². The molecule has 0 N–H and O–H groups in total. The van der Waals surface area contributed by atoms with Gasteiger partial charge in [0, 0.05) is 20.6 Å². The first-order valence-electron chi connectivity index (χ1n) is 9.67. The van der Waals surface area contributed by atoms with Gasteiger partial charge in [-0.15, -0.1) is 5.10 Å². The molecule has 6 nitrogen and oxygen atoms in total. The van der Waals surface area contributed by atoms with Crippen molar-refractivity contribution < 1.29 is 14.3 Å². The summed E-state index contributed by atoms with van der Waals surface area (Å²) >= 11 is 9.27. The minimum Gasteiger partial charge on any atom is -0.451 e. The Morgan fingerprint density at radius 1 is 1.00 bits per heavy atom. The summed E-state index contributed by atoms with van der Waals surface area (Å²) in [6.45, 7) is 1.53. The van der Waals surface area contributed by atoms with Gasteiger partial charge in [-0.25, -0.2) is 14.5 Å². The molecule has 0 radical (unpaired) electrons. The molecule has 32 heavy (non-hydrogen) atoms. The number of ether oxygens (including phenoxy) is 1. The van der Waals surface area contributed by atoms with E-state index in [1.807, 2.05) is 55.5 Å². The number of aryl methyl sites for hydroxylation is 1. The molecule has 0 fully saturated rings. The van der Waals surface area contributed by atoms with Crippen LogP contribution in [0.4, 0.5) is 0 Å². The van der Waals surface area contributed by atoms with Crippen molar-refractivity contribution in [2.75, 3.05) is 6.61 Å². The van der Waals surface area contributed by atoms with Crippen LogP contribution in [0.25, 0.3) is 17.1 Å². The molecule has 0 amide bonds. The number of para-hydroxylation sites is 1. The van der Waals surface area contributed by atoms with Gasteiger partial charge in [0.25, 0.3) is 5.82 Å². The molecule has 0 bridgehead atoms. The van der Waals surface area contributed by atoms with Gasteiger partial charge in [0.15, 0.2) is 18.2 Å². The molecule has 0 saturated carbocycles. The smallest absolute Gasteiger partial charge is 0.378 e. The molecular formula is C24H17BrClN3O3. The number of benzene rings is 3. The van der Waals surface area contributed by atoms with E-state index in [1.165, 1.54) is 0 Å². The maximum atomic E-state index is 12.7. The first kappa shape index (κ1) is 21.9. The Kier molecular flexibility index (Phi) is 6.48. The lowest BCUT2D eigenvalue weighted by Crippen LogP contribution is -2.15. The Bertz CT molecular complexity index is 1280. The van der Waals surface area contributed by atoms with Crippen LogP contribution < -0.4 is 0 Å². The van der Waals surface area contributed by atoms with Crippen LogP contribution in [0, 0.1) is 6.92 Å². The number of esters is 1. The summed E-state index contributed by atoms with van der Waals surface area (Å²) < 4.78 is 7.72. The van der Waals surface area contributed by atoms with E-state index in [0.29, 0.717) is 16.4 Å². The zero-order valence-corrected chi connectivity index (χ0v) is 19.3. The van der Waals surface area contributed by atoms with Crippen molar-refractivity contribution in [1.82, 2.24) is 14.8 Å². The van der Waals surface area contributed by atoms with Gasteiger partial charge in [-0.2, -0.15) is 0 Å². The maximum Gasteiger partial charge on any atom is 0.378 e. The van der Waals surface area contributed by atoms with Crippen LogP contribution in [0.3, 0.4) is 0 Å². The summed E-state index contributed by atoms with van der Waals surface area (Å²) in [7, 11) is 0. The number of carbonyl (C=O) groups is 2. The monoisotopic (exact) mass is 509 g/mol. The minimum atomic E-state index is -0.780. The summed E-state index contributed by atoms with van der Waals surface area (Å²) in [5, 5.41) is 4.91. The van der Waals surface area contributed by atoms with Crippen molar-refractivity contribution in [3.8, 4) is 17.1 Å². The van der Waals surface area contributed by atoms with E-state index in [0.717, 1.165) is 21.3 Å². The molecule has 4 aromatic rings. The molecule has 0 saturated heterocycles. The number of Topliss-reactive ketones (excluding diaryl/α,β-unsaturated/α-hetero) is 1. The van der Waals surface area contributed by atoms with Gasteiger partial charge in [0.2, 0.25) is 0 Å². The van der Waals surface area contributed by atoms with Crippen LogP contribution in [-0.4, -0.2) is 33.1 Å². The summed E-state index contributed by atoms with van der Waals surface area (Å²) in [6.07, 6.45) is 0. The fraction of sp³-hybridized carbons (Fsp3) is 0.0833. The second-order valence-electron chi connectivity index (χ2n) is 6.97. The topological polar surface area (TPSA) is 74.1 Å². The van der Waals surface area contributed by atoms with E-state index in [1.54, 1.807) is 28.9 Å². The SMILES string of the molecule is Cc1ccccc1-n1nc(C(=O)OCC(=O)c2ccc(Cl)cc2)nc1-c1ccc(Br)cc1. The third-order valence-corrected chi connectivity index (χ3v) is 5.52. The largest absolute Gasteiger partial charge is 0.451 e. The van der Waals surface area contributed by atoms with Crippen molar-refractivity contribution >= 4 is 39.3 Å². The van der Waals surface area contributed by atoms with Crippen LogP contribution in [0.15, 0.2) is 77.3 Å². The number of aromatic nitrogens is 3. The maximum absolute atomic E-state index is 12.7. The van der Waals surface area contributed by atoms with Crippen LogP contribution in [0.1, 0.15) is 26.5 Å². The highest BCUT2D eigenvalue weighted by Crippen LogP contribution is 2.25. The van der Waals surface area contributed by atoms with Gasteiger partial charge in [-0.1, -0.05) is 57.9 Å². The minimum absolute atomic E-state index is 0.130. The van der Waals surface area contributed by atoms with Crippen LogP contribution in [-0.2, 0) is 4.74 Å². The Balaban J connectivity index is 1.62. The van der Waals surface area contributed by atoms with Crippen molar-refractivity contribution in [2.24, 2.45) is 0 Å². The zero-order chi connectivity index (χ0) is 22.7. The van der Waals surface area contributed by atoms with E-state index < -0.39 is 12.6 Å². The molecule has 0 atom stereocenters. The Morgan fingerprint density at radius 2 is 1.69 bits per heavy atom. The lowest BCUT2D eigenvalue weighted by Gasteiger charge is -2.08. The predicted octanol–water partition coefficient (Wildman–Crippen LogP) is 5.70. The summed E-state index contributed by atoms with van der Waals surface area (Å²) in [5.41, 5.74) is 2.93. The lowest BCUT2D eigenvalue weighted by atomic mass is 10.1. The lowest BCUT2D eigenvalue weighted by molar-refractivity contribution is 0.0462. The number of carbonyl (C=O) groups excluding carboxylic acids is 2. The average Bonchev–Trinajstić information content (AvgIpc) is 3.24. The second kappa shape index (κ2) is 9.46. The van der Waals surface area contributed by atoms with Gasteiger partial charge < -0.3 is 4.74 Å². The fourth-order valence-electron chi connectivity index (χ4n) is 3.07. The Hall–Kier alpha value is -3.29. The number of hydrogen-bond donors (Lipinski definition) is 0. The first-order chi connectivity index (χ1) is 15.4. The number of hydrogen-bond acceptors (Lipinski definition) is 5. The standard InChI is InChI=1S/C24H17BrClN3O3/c1-15-4-2-3-5-20(15)29-23(17-6-10-18(25)11-7-17)27-22(28-29)24(31)32-14-21(30)16-8-12-19(26)13-9-16/h2-13H,14H2,1H3. The van der Waals surface area contributed by atoms with Crippen LogP contribution in [0.2, 0.25) is 5.02 Å². The zero-order valence-electron chi connectivity index (χ0n) is 17.0. The second-order valence-corrected chi connectivity index (χ2v) is 8.32. The molecule has 8 heteroatoms. The van der Waals surface area contributed by atoms with Crippen molar-refractivity contribution in [3.63, 3.8) is 0 Å². The van der Waals surface area contributed by atoms with E-state index in [9.17, 15) is 9.59 Å². The number of ketones is 1. The molecule has 0 unspecified atom stereocenters. The summed E-state index contributed by atoms with van der Waals surface area (Å²) in [6, 6.07) is 21.5. The highest BCUT2D eigenvalue weighted by Gasteiger charge is 2.21. The summed E-state index contributed by atoms with van der Waals surface area (Å²) in [4.78, 5) is 29.4. The quantitative estimate of drug-likeness (QED) is 0.246. The van der Waals surface area contributed by atoms with E-state index in [4.69, 9.17) is 16.3 Å². The molecule has 160 valence electrons. The molecule has 1 aromatic heterocycles. The molecule has 3 aromatic carbocycles.